The van der Waals surface area contributed by atoms with Crippen LogP contribution in [0.25, 0.3) is 0 Å². The second-order valence-electron chi connectivity index (χ2n) is 6.39. The van der Waals surface area contributed by atoms with Gasteiger partial charge in [0.05, 0.1) is 12.6 Å². The second-order valence-corrected chi connectivity index (χ2v) is 7.45. The largest absolute Gasteiger partial charge is 0.392 e. The highest BCUT2D eigenvalue weighted by Gasteiger charge is 2.25. The van der Waals surface area contributed by atoms with E-state index in [1.54, 1.807) is 0 Å². The number of aryl methyl sites for hydroxylation is 1. The number of hydrogen-bond acceptors (Lipinski definition) is 6. The number of piperidine rings is 1. The van der Waals surface area contributed by atoms with E-state index < -0.39 is 0 Å². The number of aromatic nitrogens is 2. The van der Waals surface area contributed by atoms with Crippen molar-refractivity contribution in [1.82, 2.24) is 15.1 Å². The fourth-order valence-corrected chi connectivity index (χ4v) is 3.46. The zero-order chi connectivity index (χ0) is 17.1. The van der Waals surface area contributed by atoms with Gasteiger partial charge >= 0.3 is 0 Å². The molecule has 1 saturated heterocycles. The van der Waals surface area contributed by atoms with Crippen molar-refractivity contribution in [3.05, 3.63) is 39.8 Å². The molecule has 0 radical (unpaired) electrons. The molecule has 3 rings (SSSR count). The maximum Gasteiger partial charge on any atom is 0.286 e. The molecule has 0 unspecified atom stereocenters. The Labute approximate surface area is 145 Å². The first-order valence-corrected chi connectivity index (χ1v) is 8.94. The first-order chi connectivity index (χ1) is 11.5. The molecular weight excluding hydrogens is 324 g/mol. The fraction of sp³-hybridized carbons (Fsp3) is 0.471. The van der Waals surface area contributed by atoms with Gasteiger partial charge in [-0.25, -0.2) is 0 Å². The standard InChI is InChI=1S/C17H22N4O2S/c1-11-3-5-13(6-4-11)18-16(23)17-20-19-15(24-17)10-21-8-7-12(2)14(22)9-21/h3-6,12,14,22H,7-10H2,1-2H3,(H,18,23)/t12-,14+/m0/s1. The Kier molecular flexibility index (Phi) is 5.23. The number of aliphatic hydroxyl groups is 1. The van der Waals surface area contributed by atoms with Gasteiger partial charge in [-0.15, -0.1) is 10.2 Å². The zero-order valence-corrected chi connectivity index (χ0v) is 14.7. The highest BCUT2D eigenvalue weighted by molar-refractivity contribution is 7.13. The summed E-state index contributed by atoms with van der Waals surface area (Å²) in [5.41, 5.74) is 1.89. The molecule has 0 saturated carbocycles. The van der Waals surface area contributed by atoms with Crippen LogP contribution in [-0.4, -0.2) is 45.3 Å². The third-order valence-electron chi connectivity index (χ3n) is 4.33. The summed E-state index contributed by atoms with van der Waals surface area (Å²) < 4.78 is 0. The van der Waals surface area contributed by atoms with E-state index in [2.05, 4.69) is 27.3 Å². The Morgan fingerprint density at radius 1 is 1.38 bits per heavy atom. The van der Waals surface area contributed by atoms with Crippen molar-refractivity contribution in [2.75, 3.05) is 18.4 Å². The Morgan fingerprint density at radius 3 is 2.83 bits per heavy atom. The van der Waals surface area contributed by atoms with Crippen LogP contribution in [0.4, 0.5) is 5.69 Å². The van der Waals surface area contributed by atoms with Gasteiger partial charge in [-0.05, 0) is 37.9 Å². The van der Waals surface area contributed by atoms with Crippen LogP contribution in [0.3, 0.4) is 0 Å². The Morgan fingerprint density at radius 2 is 2.12 bits per heavy atom. The molecule has 2 N–H and O–H groups in total. The molecule has 1 fully saturated rings. The predicted molar refractivity (Wildman–Crippen MR) is 94.1 cm³/mol. The average Bonchev–Trinajstić information content (AvgIpc) is 3.02. The minimum absolute atomic E-state index is 0.241. The van der Waals surface area contributed by atoms with Gasteiger partial charge in [-0.2, -0.15) is 0 Å². The molecule has 0 spiro atoms. The van der Waals surface area contributed by atoms with Crippen molar-refractivity contribution in [3.8, 4) is 0 Å². The molecule has 0 aliphatic carbocycles. The number of hydrogen-bond donors (Lipinski definition) is 2. The molecule has 1 aliphatic heterocycles. The third-order valence-corrected chi connectivity index (χ3v) is 5.24. The van der Waals surface area contributed by atoms with Gasteiger partial charge in [0.25, 0.3) is 5.91 Å². The number of nitrogens with zero attached hydrogens (tertiary/aromatic N) is 3. The summed E-state index contributed by atoms with van der Waals surface area (Å²) in [5.74, 6) is 0.0985. The van der Waals surface area contributed by atoms with E-state index in [4.69, 9.17) is 0 Å². The Bertz CT molecular complexity index is 701. The van der Waals surface area contributed by atoms with Gasteiger partial charge in [0.1, 0.15) is 5.01 Å². The van der Waals surface area contributed by atoms with E-state index in [-0.39, 0.29) is 12.0 Å². The van der Waals surface area contributed by atoms with Crippen LogP contribution in [0.5, 0.6) is 0 Å². The summed E-state index contributed by atoms with van der Waals surface area (Å²) in [6, 6.07) is 7.63. The van der Waals surface area contributed by atoms with Gasteiger partial charge in [-0.3, -0.25) is 9.69 Å². The number of β-amino-alcohol motifs (C(OH)–C–C–N with tert-alkyl or cyclic N) is 1. The van der Waals surface area contributed by atoms with Crippen molar-refractivity contribution in [1.29, 1.82) is 0 Å². The summed E-state index contributed by atoms with van der Waals surface area (Å²) in [7, 11) is 0. The molecule has 2 aromatic rings. The highest BCUT2D eigenvalue weighted by Crippen LogP contribution is 2.20. The molecule has 2 heterocycles. The molecule has 1 amide bonds. The number of carbonyl (C=O) groups excluding carboxylic acids is 1. The predicted octanol–water partition coefficient (Wildman–Crippen LogP) is 2.30. The summed E-state index contributed by atoms with van der Waals surface area (Å²) in [6.45, 7) is 6.27. The molecule has 24 heavy (non-hydrogen) atoms. The molecule has 2 atom stereocenters. The maximum absolute atomic E-state index is 12.2. The van der Waals surface area contributed by atoms with Crippen LogP contribution >= 0.6 is 11.3 Å². The number of nitrogens with one attached hydrogen (secondary N) is 1. The summed E-state index contributed by atoms with van der Waals surface area (Å²) in [6.07, 6.45) is 0.678. The van der Waals surface area contributed by atoms with E-state index in [1.807, 2.05) is 31.2 Å². The van der Waals surface area contributed by atoms with Crippen molar-refractivity contribution in [2.24, 2.45) is 5.92 Å². The van der Waals surface area contributed by atoms with Gasteiger partial charge < -0.3 is 10.4 Å². The maximum atomic E-state index is 12.2. The number of anilines is 1. The van der Waals surface area contributed by atoms with E-state index in [0.29, 0.717) is 24.0 Å². The molecule has 1 aromatic heterocycles. The smallest absolute Gasteiger partial charge is 0.286 e. The average molecular weight is 346 g/mol. The number of aliphatic hydroxyl groups excluding tert-OH is 1. The number of amides is 1. The van der Waals surface area contributed by atoms with Crippen LogP contribution in [0, 0.1) is 12.8 Å². The molecule has 1 aromatic carbocycles. The van der Waals surface area contributed by atoms with E-state index in [1.165, 1.54) is 11.3 Å². The first-order valence-electron chi connectivity index (χ1n) is 8.12. The Balaban J connectivity index is 1.58. The van der Waals surface area contributed by atoms with Crippen LogP contribution in [0.2, 0.25) is 0 Å². The van der Waals surface area contributed by atoms with Crippen LogP contribution < -0.4 is 5.32 Å². The van der Waals surface area contributed by atoms with Crippen molar-refractivity contribution < 1.29 is 9.90 Å². The third kappa shape index (κ3) is 4.17. The van der Waals surface area contributed by atoms with Gasteiger partial charge in [0, 0.05) is 12.2 Å². The van der Waals surface area contributed by atoms with Gasteiger partial charge in [0.2, 0.25) is 5.01 Å². The molecule has 1 aliphatic rings. The van der Waals surface area contributed by atoms with Crippen LogP contribution in [0.1, 0.15) is 33.7 Å². The minimum atomic E-state index is -0.295. The fourth-order valence-electron chi connectivity index (χ4n) is 2.68. The van der Waals surface area contributed by atoms with Crippen LogP contribution in [-0.2, 0) is 6.54 Å². The van der Waals surface area contributed by atoms with E-state index in [9.17, 15) is 9.90 Å². The van der Waals surface area contributed by atoms with Gasteiger partial charge in [0.15, 0.2) is 0 Å². The monoisotopic (exact) mass is 346 g/mol. The molecule has 0 bridgehead atoms. The quantitative estimate of drug-likeness (QED) is 0.888. The van der Waals surface area contributed by atoms with E-state index >= 15 is 0 Å². The minimum Gasteiger partial charge on any atom is -0.392 e. The zero-order valence-electron chi connectivity index (χ0n) is 13.9. The molecule has 7 heteroatoms. The first kappa shape index (κ1) is 17.0. The highest BCUT2D eigenvalue weighted by atomic mass is 32.1. The topological polar surface area (TPSA) is 78.4 Å². The Hall–Kier alpha value is -1.83. The normalized spacial score (nSPS) is 21.6. The number of likely N-dealkylation sites (tertiary alicyclic amines) is 1. The lowest BCUT2D eigenvalue weighted by atomic mass is 9.96. The lowest BCUT2D eigenvalue weighted by Crippen LogP contribution is -2.42. The summed E-state index contributed by atoms with van der Waals surface area (Å²) >= 11 is 1.30. The number of carbonyl (C=O) groups is 1. The summed E-state index contributed by atoms with van der Waals surface area (Å²) in [5, 5.41) is 22.1. The SMILES string of the molecule is Cc1ccc(NC(=O)c2nnc(CN3CC[C@H](C)[C@H](O)C3)s2)cc1. The van der Waals surface area contributed by atoms with E-state index in [0.717, 1.165) is 29.2 Å². The summed E-state index contributed by atoms with van der Waals surface area (Å²) in [4.78, 5) is 14.4. The molecular formula is C17H22N4O2S. The van der Waals surface area contributed by atoms with Crippen LogP contribution in [0.15, 0.2) is 24.3 Å². The number of rotatable bonds is 4. The number of benzene rings is 1. The lowest BCUT2D eigenvalue weighted by Gasteiger charge is -2.33. The van der Waals surface area contributed by atoms with Crippen molar-refractivity contribution in [3.63, 3.8) is 0 Å². The second kappa shape index (κ2) is 7.38. The van der Waals surface area contributed by atoms with Crippen molar-refractivity contribution in [2.45, 2.75) is 32.9 Å². The van der Waals surface area contributed by atoms with Crippen molar-refractivity contribution >= 4 is 22.9 Å². The molecule has 128 valence electrons. The molecule has 6 nitrogen and oxygen atoms in total. The lowest BCUT2D eigenvalue weighted by molar-refractivity contribution is 0.0258. The van der Waals surface area contributed by atoms with Gasteiger partial charge in [-0.1, -0.05) is 36.0 Å².